The number of unbranched alkanes of at least 4 members (excludes halogenated alkanes) is 1. The fourth-order valence-corrected chi connectivity index (χ4v) is 3.26. The normalized spacial score (nSPS) is 14.0. The molecule has 0 fully saturated rings. The third kappa shape index (κ3) is 11.7. The number of carbonyl (C=O) groups is 5. The van der Waals surface area contributed by atoms with Crippen molar-refractivity contribution in [2.45, 2.75) is 62.7 Å². The van der Waals surface area contributed by atoms with Crippen molar-refractivity contribution in [1.29, 1.82) is 0 Å². The van der Waals surface area contributed by atoms with Gasteiger partial charge < -0.3 is 47.8 Å². The van der Waals surface area contributed by atoms with Gasteiger partial charge in [-0.3, -0.25) is 19.2 Å². The van der Waals surface area contributed by atoms with E-state index in [2.05, 4.69) is 10.6 Å². The molecule has 0 aliphatic carbocycles. The number of carboxylic acids is 2. The second kappa shape index (κ2) is 16.1. The van der Waals surface area contributed by atoms with Gasteiger partial charge in [0.2, 0.25) is 17.7 Å². The van der Waals surface area contributed by atoms with Gasteiger partial charge in [0, 0.05) is 12.8 Å². The average Bonchev–Trinajstić information content (AvgIpc) is 2.85. The van der Waals surface area contributed by atoms with Crippen molar-refractivity contribution in [3.05, 3.63) is 29.8 Å². The Balaban J connectivity index is 3.10. The minimum Gasteiger partial charge on any atom is -0.508 e. The Morgan fingerprint density at radius 3 is 1.92 bits per heavy atom. The molecular formula is C23H35N5O9. The first kappa shape index (κ1) is 31.3. The second-order valence-corrected chi connectivity index (χ2v) is 8.40. The number of phenolic OH excluding ortho intramolecular Hbond substituents is 1. The topological polar surface area (TPSA) is 254 Å². The van der Waals surface area contributed by atoms with Crippen molar-refractivity contribution in [1.82, 2.24) is 16.0 Å². The number of aliphatic hydroxyl groups is 1. The maximum atomic E-state index is 13.2. The Kier molecular flexibility index (Phi) is 13.6. The van der Waals surface area contributed by atoms with Crippen LogP contribution in [0.2, 0.25) is 0 Å². The van der Waals surface area contributed by atoms with Crippen molar-refractivity contribution in [2.75, 3.05) is 13.2 Å². The van der Waals surface area contributed by atoms with Crippen molar-refractivity contribution in [3.8, 4) is 5.75 Å². The standard InChI is InChI=1S/C23H35N5O9/c24-10-2-1-3-15(25)20(33)27-17(11-13-4-6-14(30)7-5-13)22(35)26-16(8-9-19(31)32)21(34)28-18(12-29)23(36)37/h4-7,15-18,29-30H,1-3,8-12,24-25H2,(H,26,35)(H,27,33)(H,28,34)(H,31,32)(H,36,37). The van der Waals surface area contributed by atoms with E-state index >= 15 is 0 Å². The van der Waals surface area contributed by atoms with Crippen LogP contribution in [0.25, 0.3) is 0 Å². The summed E-state index contributed by atoms with van der Waals surface area (Å²) < 4.78 is 0. The van der Waals surface area contributed by atoms with E-state index in [1.54, 1.807) is 0 Å². The fraction of sp³-hybridized carbons (Fsp3) is 0.522. The summed E-state index contributed by atoms with van der Waals surface area (Å²) in [5.74, 6) is -5.31. The molecule has 1 rings (SSSR count). The van der Waals surface area contributed by atoms with Crippen LogP contribution >= 0.6 is 0 Å². The predicted molar refractivity (Wildman–Crippen MR) is 130 cm³/mol. The number of carbonyl (C=O) groups excluding carboxylic acids is 3. The Morgan fingerprint density at radius 2 is 1.38 bits per heavy atom. The van der Waals surface area contributed by atoms with Crippen LogP contribution in [0, 0.1) is 0 Å². The van der Waals surface area contributed by atoms with Gasteiger partial charge in [0.05, 0.1) is 12.6 Å². The molecule has 0 spiro atoms. The SMILES string of the molecule is NCCCCC(N)C(=O)NC(Cc1ccc(O)cc1)C(=O)NC(CCC(=O)O)C(=O)NC(CO)C(=O)O. The minimum absolute atomic E-state index is 0.0158. The molecule has 14 nitrogen and oxygen atoms in total. The summed E-state index contributed by atoms with van der Waals surface area (Å²) in [5, 5.41) is 43.7. The van der Waals surface area contributed by atoms with E-state index in [-0.39, 0.29) is 18.6 Å². The molecule has 3 amide bonds. The Morgan fingerprint density at radius 1 is 0.811 bits per heavy atom. The predicted octanol–water partition coefficient (Wildman–Crippen LogP) is -2.21. The summed E-state index contributed by atoms with van der Waals surface area (Å²) in [4.78, 5) is 60.6. The molecule has 0 aromatic heterocycles. The number of carboxylic acid groups (broad SMARTS) is 2. The smallest absolute Gasteiger partial charge is 0.328 e. The van der Waals surface area contributed by atoms with Crippen LogP contribution in [-0.2, 0) is 30.4 Å². The Bertz CT molecular complexity index is 926. The summed E-state index contributed by atoms with van der Waals surface area (Å²) in [7, 11) is 0. The number of aliphatic hydroxyl groups excluding tert-OH is 1. The molecule has 37 heavy (non-hydrogen) atoms. The summed E-state index contributed by atoms with van der Waals surface area (Å²) in [6.45, 7) is -0.499. The number of amides is 3. The molecule has 0 heterocycles. The quantitative estimate of drug-likeness (QED) is 0.0985. The molecular weight excluding hydrogens is 490 g/mol. The first-order chi connectivity index (χ1) is 17.5. The molecule has 0 aliphatic heterocycles. The maximum absolute atomic E-state index is 13.2. The molecule has 4 atom stereocenters. The van der Waals surface area contributed by atoms with E-state index in [0.29, 0.717) is 31.4 Å². The lowest BCUT2D eigenvalue weighted by molar-refractivity contribution is -0.144. The number of hydrogen-bond acceptors (Lipinski definition) is 9. The molecule has 0 saturated heterocycles. The third-order valence-corrected chi connectivity index (χ3v) is 5.39. The molecule has 0 bridgehead atoms. The number of nitrogens with one attached hydrogen (secondary N) is 3. The number of rotatable bonds is 17. The molecule has 1 aromatic rings. The monoisotopic (exact) mass is 525 g/mol. The molecule has 206 valence electrons. The number of phenols is 1. The van der Waals surface area contributed by atoms with Crippen LogP contribution in [0.1, 0.15) is 37.7 Å². The summed E-state index contributed by atoms with van der Waals surface area (Å²) in [6, 6.07) is 0.486. The second-order valence-electron chi connectivity index (χ2n) is 8.40. The van der Waals surface area contributed by atoms with Gasteiger partial charge in [-0.05, 0) is 43.5 Å². The van der Waals surface area contributed by atoms with E-state index in [1.807, 2.05) is 5.32 Å². The van der Waals surface area contributed by atoms with Crippen LogP contribution < -0.4 is 27.4 Å². The van der Waals surface area contributed by atoms with Crippen LogP contribution in [0.5, 0.6) is 5.75 Å². The van der Waals surface area contributed by atoms with E-state index in [4.69, 9.17) is 26.8 Å². The molecule has 0 aliphatic rings. The van der Waals surface area contributed by atoms with Gasteiger partial charge in [0.1, 0.15) is 23.9 Å². The lowest BCUT2D eigenvalue weighted by Gasteiger charge is -2.25. The Hall–Kier alpha value is -3.75. The summed E-state index contributed by atoms with van der Waals surface area (Å²) >= 11 is 0. The number of aliphatic carboxylic acids is 2. The molecule has 11 N–H and O–H groups in total. The fourth-order valence-electron chi connectivity index (χ4n) is 3.26. The van der Waals surface area contributed by atoms with E-state index in [1.165, 1.54) is 24.3 Å². The van der Waals surface area contributed by atoms with Gasteiger partial charge in [-0.1, -0.05) is 18.6 Å². The third-order valence-electron chi connectivity index (χ3n) is 5.39. The zero-order valence-corrected chi connectivity index (χ0v) is 20.3. The first-order valence-corrected chi connectivity index (χ1v) is 11.7. The zero-order valence-electron chi connectivity index (χ0n) is 20.3. The minimum atomic E-state index is -1.67. The van der Waals surface area contributed by atoms with E-state index in [0.717, 1.165) is 0 Å². The Labute approximate surface area is 213 Å². The number of hydrogen-bond donors (Lipinski definition) is 9. The van der Waals surface area contributed by atoms with Crippen LogP contribution in [0.15, 0.2) is 24.3 Å². The summed E-state index contributed by atoms with van der Waals surface area (Å²) in [5.41, 5.74) is 11.9. The first-order valence-electron chi connectivity index (χ1n) is 11.7. The highest BCUT2D eigenvalue weighted by Crippen LogP contribution is 2.12. The van der Waals surface area contributed by atoms with Gasteiger partial charge in [-0.2, -0.15) is 0 Å². The van der Waals surface area contributed by atoms with Crippen molar-refractivity contribution in [3.63, 3.8) is 0 Å². The van der Waals surface area contributed by atoms with Gasteiger partial charge >= 0.3 is 11.9 Å². The van der Waals surface area contributed by atoms with Crippen molar-refractivity contribution < 1.29 is 44.4 Å². The zero-order chi connectivity index (χ0) is 28.0. The lowest BCUT2D eigenvalue weighted by atomic mass is 10.0. The number of nitrogens with two attached hydrogens (primary N) is 2. The highest BCUT2D eigenvalue weighted by atomic mass is 16.4. The van der Waals surface area contributed by atoms with Crippen LogP contribution in [0.3, 0.4) is 0 Å². The largest absolute Gasteiger partial charge is 0.508 e. The van der Waals surface area contributed by atoms with Crippen LogP contribution in [-0.4, -0.2) is 87.4 Å². The van der Waals surface area contributed by atoms with Gasteiger partial charge in [0.15, 0.2) is 0 Å². The molecule has 0 radical (unpaired) electrons. The van der Waals surface area contributed by atoms with Crippen molar-refractivity contribution in [2.24, 2.45) is 11.5 Å². The number of benzene rings is 1. The molecule has 1 aromatic carbocycles. The maximum Gasteiger partial charge on any atom is 0.328 e. The average molecular weight is 526 g/mol. The van der Waals surface area contributed by atoms with E-state index < -0.39 is 66.9 Å². The van der Waals surface area contributed by atoms with Gasteiger partial charge in [-0.25, -0.2) is 4.79 Å². The lowest BCUT2D eigenvalue weighted by Crippen LogP contribution is -2.58. The summed E-state index contributed by atoms with van der Waals surface area (Å²) in [6.07, 6.45) is 0.587. The van der Waals surface area contributed by atoms with Gasteiger partial charge in [-0.15, -0.1) is 0 Å². The highest BCUT2D eigenvalue weighted by Gasteiger charge is 2.30. The molecule has 14 heteroatoms. The number of aromatic hydroxyl groups is 1. The van der Waals surface area contributed by atoms with Crippen LogP contribution in [0.4, 0.5) is 0 Å². The van der Waals surface area contributed by atoms with Crippen molar-refractivity contribution >= 4 is 29.7 Å². The van der Waals surface area contributed by atoms with E-state index in [9.17, 15) is 29.1 Å². The molecule has 0 saturated carbocycles. The highest BCUT2D eigenvalue weighted by molar-refractivity contribution is 5.94. The van der Waals surface area contributed by atoms with Gasteiger partial charge in [0.25, 0.3) is 0 Å². The molecule has 4 unspecified atom stereocenters.